The minimum Gasteiger partial charge on any atom is -0.477 e. The van der Waals surface area contributed by atoms with Crippen LogP contribution in [0.2, 0.25) is 0 Å². The molecule has 14 heteroatoms. The normalized spacial score (nSPS) is 21.5. The number of aromatic nitrogens is 2. The van der Waals surface area contributed by atoms with Crippen molar-refractivity contribution < 1.29 is 23.7 Å². The third-order valence-corrected chi connectivity index (χ3v) is 10.4. The summed E-state index contributed by atoms with van der Waals surface area (Å²) in [4.78, 5) is 38.1. The molecule has 31 heavy (non-hydrogen) atoms. The van der Waals surface area contributed by atoms with E-state index in [2.05, 4.69) is 15.5 Å². The van der Waals surface area contributed by atoms with Crippen LogP contribution in [0.25, 0.3) is 0 Å². The molecule has 2 amide bonds. The van der Waals surface area contributed by atoms with Gasteiger partial charge in [-0.3, -0.25) is 18.7 Å². The number of hydrogen-bond donors (Lipinski definition) is 2. The molecule has 2 aliphatic rings. The first kappa shape index (κ1) is 22.5. The monoisotopic (exact) mass is 516 g/mol. The standard InChI is InChI=1S/C17H16N4O5S5/c1-8-19-20-17(30-8)29-6-9-5-28-15-12(14(23)21(15)13(9)16(24)25)18-10(22)7-31(26)11-3-2-4-27-11/h2-4,12,15H,5-7H2,1H3,(H,18,22)(H,24,25)/t12?,15-,31?/m1/s1. The molecule has 0 spiro atoms. The SMILES string of the molecule is Cc1nnc(SCC2=C(C(=O)O)N3C(=O)C(NC(=O)CS(=O)c4cccs4)[C@H]3SC2)s1. The van der Waals surface area contributed by atoms with Gasteiger partial charge in [-0.05, 0) is 23.9 Å². The maximum absolute atomic E-state index is 12.7. The van der Waals surface area contributed by atoms with Crippen molar-refractivity contribution in [3.63, 3.8) is 0 Å². The highest BCUT2D eigenvalue weighted by Gasteiger charge is 2.54. The van der Waals surface area contributed by atoms with E-state index in [1.54, 1.807) is 17.5 Å². The van der Waals surface area contributed by atoms with Gasteiger partial charge in [0.1, 0.15) is 27.9 Å². The number of amides is 2. The average molecular weight is 517 g/mol. The van der Waals surface area contributed by atoms with Gasteiger partial charge in [-0.15, -0.1) is 33.3 Å². The third kappa shape index (κ3) is 4.72. The van der Waals surface area contributed by atoms with Crippen molar-refractivity contribution in [1.29, 1.82) is 0 Å². The van der Waals surface area contributed by atoms with Crippen molar-refractivity contribution >= 4 is 74.8 Å². The highest BCUT2D eigenvalue weighted by Crippen LogP contribution is 2.41. The van der Waals surface area contributed by atoms with Crippen LogP contribution in [-0.4, -0.2) is 70.9 Å². The molecule has 3 atom stereocenters. The molecule has 4 heterocycles. The van der Waals surface area contributed by atoms with Gasteiger partial charge in [0.05, 0.1) is 15.0 Å². The number of carboxylic acids is 1. The number of carboxylic acid groups (broad SMARTS) is 1. The zero-order valence-corrected chi connectivity index (χ0v) is 20.1. The van der Waals surface area contributed by atoms with Crippen molar-refractivity contribution in [2.45, 2.75) is 26.9 Å². The first-order chi connectivity index (χ1) is 14.8. The number of β-lactam (4-membered cyclic amide) rings is 1. The van der Waals surface area contributed by atoms with Gasteiger partial charge in [-0.2, -0.15) is 0 Å². The van der Waals surface area contributed by atoms with Crippen LogP contribution in [0.15, 0.2) is 37.3 Å². The molecular weight excluding hydrogens is 501 g/mol. The summed E-state index contributed by atoms with van der Waals surface area (Å²) in [5.74, 6) is -1.58. The first-order valence-electron chi connectivity index (χ1n) is 8.89. The van der Waals surface area contributed by atoms with Gasteiger partial charge < -0.3 is 10.4 Å². The number of nitrogens with zero attached hydrogens (tertiary/aromatic N) is 3. The van der Waals surface area contributed by atoms with E-state index in [1.807, 2.05) is 6.92 Å². The van der Waals surface area contributed by atoms with E-state index < -0.39 is 40.0 Å². The fraction of sp³-hybridized carbons (Fsp3) is 0.353. The van der Waals surface area contributed by atoms with E-state index in [-0.39, 0.29) is 11.4 Å². The van der Waals surface area contributed by atoms with Crippen molar-refractivity contribution in [3.8, 4) is 0 Å². The molecule has 0 saturated carbocycles. The Kier molecular flexibility index (Phi) is 6.81. The summed E-state index contributed by atoms with van der Waals surface area (Å²) in [5, 5.41) is 22.4. The molecular formula is C17H16N4O5S5. The molecule has 2 unspecified atom stereocenters. The van der Waals surface area contributed by atoms with E-state index in [0.29, 0.717) is 21.3 Å². The van der Waals surface area contributed by atoms with Crippen molar-refractivity contribution in [1.82, 2.24) is 20.4 Å². The molecule has 9 nitrogen and oxygen atoms in total. The molecule has 0 bridgehead atoms. The van der Waals surface area contributed by atoms with E-state index in [1.165, 1.54) is 51.1 Å². The number of fused-ring (bicyclic) bond motifs is 1. The Morgan fingerprint density at radius 3 is 2.87 bits per heavy atom. The fourth-order valence-corrected chi connectivity index (χ4v) is 8.29. The van der Waals surface area contributed by atoms with Gasteiger partial charge in [0.15, 0.2) is 4.34 Å². The number of thioether (sulfide) groups is 2. The van der Waals surface area contributed by atoms with Crippen LogP contribution in [-0.2, 0) is 25.2 Å². The minimum absolute atomic E-state index is 0.0323. The highest BCUT2D eigenvalue weighted by atomic mass is 32.2. The van der Waals surface area contributed by atoms with Crippen LogP contribution in [0, 0.1) is 6.92 Å². The minimum atomic E-state index is -1.48. The Hall–Kier alpha value is -1.74. The van der Waals surface area contributed by atoms with Crippen molar-refractivity contribution in [2.75, 3.05) is 17.3 Å². The van der Waals surface area contributed by atoms with Crippen molar-refractivity contribution in [3.05, 3.63) is 33.8 Å². The van der Waals surface area contributed by atoms with Crippen LogP contribution in [0.4, 0.5) is 0 Å². The number of hydrogen-bond acceptors (Lipinski definition) is 10. The Morgan fingerprint density at radius 2 is 2.23 bits per heavy atom. The summed E-state index contributed by atoms with van der Waals surface area (Å²) in [5.41, 5.74) is 0.596. The number of rotatable bonds is 8. The average Bonchev–Trinajstić information content (AvgIpc) is 3.41. The molecule has 4 rings (SSSR count). The lowest BCUT2D eigenvalue weighted by molar-refractivity contribution is -0.150. The lowest BCUT2D eigenvalue weighted by atomic mass is 10.0. The zero-order chi connectivity index (χ0) is 22.1. The third-order valence-electron chi connectivity index (χ3n) is 4.43. The maximum atomic E-state index is 12.7. The molecule has 0 aromatic carbocycles. The van der Waals surface area contributed by atoms with Crippen molar-refractivity contribution in [2.24, 2.45) is 0 Å². The van der Waals surface area contributed by atoms with E-state index in [0.717, 1.165) is 9.35 Å². The van der Waals surface area contributed by atoms with E-state index in [4.69, 9.17) is 0 Å². The number of aliphatic carboxylic acids is 1. The van der Waals surface area contributed by atoms with Gasteiger partial charge in [-0.25, -0.2) is 4.79 Å². The predicted octanol–water partition coefficient (Wildman–Crippen LogP) is 1.55. The van der Waals surface area contributed by atoms with Crippen LogP contribution >= 0.6 is 46.2 Å². The van der Waals surface area contributed by atoms with Gasteiger partial charge in [0.25, 0.3) is 5.91 Å². The van der Waals surface area contributed by atoms with Gasteiger partial charge in [0.2, 0.25) is 5.91 Å². The Labute approximate surface area is 196 Å². The molecule has 2 aromatic rings. The Bertz CT molecular complexity index is 1080. The lowest BCUT2D eigenvalue weighted by Gasteiger charge is -2.49. The lowest BCUT2D eigenvalue weighted by Crippen LogP contribution is -2.70. The summed E-state index contributed by atoms with van der Waals surface area (Å²) in [7, 11) is -1.48. The summed E-state index contributed by atoms with van der Waals surface area (Å²) in [6.45, 7) is 1.84. The van der Waals surface area contributed by atoms with E-state index in [9.17, 15) is 23.7 Å². The van der Waals surface area contributed by atoms with Gasteiger partial charge in [-0.1, -0.05) is 29.2 Å². The van der Waals surface area contributed by atoms with Crippen LogP contribution in [0.1, 0.15) is 5.01 Å². The molecule has 0 aliphatic carbocycles. The van der Waals surface area contributed by atoms with Gasteiger partial charge >= 0.3 is 5.97 Å². The Morgan fingerprint density at radius 1 is 1.42 bits per heavy atom. The fourth-order valence-electron chi connectivity index (χ4n) is 3.08. The van der Waals surface area contributed by atoms with Crippen LogP contribution in [0.3, 0.4) is 0 Å². The highest BCUT2D eigenvalue weighted by molar-refractivity contribution is 8.01. The summed E-state index contributed by atoms with van der Waals surface area (Å²) in [6.07, 6.45) is 0. The molecule has 1 saturated heterocycles. The molecule has 0 radical (unpaired) electrons. The summed E-state index contributed by atoms with van der Waals surface area (Å²) >= 11 is 5.51. The topological polar surface area (TPSA) is 130 Å². The molecule has 1 fully saturated rings. The van der Waals surface area contributed by atoms with Crippen LogP contribution in [0.5, 0.6) is 0 Å². The number of carbonyl (C=O) groups is 3. The predicted molar refractivity (Wildman–Crippen MR) is 121 cm³/mol. The largest absolute Gasteiger partial charge is 0.477 e. The summed E-state index contributed by atoms with van der Waals surface area (Å²) < 4.78 is 13.5. The molecule has 2 N–H and O–H groups in total. The molecule has 2 aromatic heterocycles. The second kappa shape index (κ2) is 9.40. The number of carbonyl (C=O) groups excluding carboxylic acids is 2. The van der Waals surface area contributed by atoms with E-state index >= 15 is 0 Å². The second-order valence-corrected chi connectivity index (χ2v) is 12.6. The van der Waals surface area contributed by atoms with Gasteiger partial charge in [0, 0.05) is 11.5 Å². The molecule has 164 valence electrons. The van der Waals surface area contributed by atoms with Crippen LogP contribution < -0.4 is 5.32 Å². The number of aryl methyl sites for hydroxylation is 1. The smallest absolute Gasteiger partial charge is 0.352 e. The number of thiophene rings is 1. The first-order valence-corrected chi connectivity index (χ1v) is 13.9. The zero-order valence-electron chi connectivity index (χ0n) is 16.0. The summed E-state index contributed by atoms with van der Waals surface area (Å²) in [6, 6.07) is 2.62. The number of nitrogens with one attached hydrogen (secondary N) is 1. The second-order valence-electron chi connectivity index (χ2n) is 6.51. The quantitative estimate of drug-likeness (QED) is 0.396. The Balaban J connectivity index is 1.41. The molecule has 2 aliphatic heterocycles. The maximum Gasteiger partial charge on any atom is 0.352 e.